The molecule has 0 unspecified atom stereocenters. The summed E-state index contributed by atoms with van der Waals surface area (Å²) in [6.07, 6.45) is 0.771. The number of benzene rings is 1. The summed E-state index contributed by atoms with van der Waals surface area (Å²) < 4.78 is 5.57. The highest BCUT2D eigenvalue weighted by atomic mass is 79.9. The summed E-state index contributed by atoms with van der Waals surface area (Å²) in [6, 6.07) is 3.13. The number of anilines is 1. The molecule has 0 aliphatic heterocycles. The Morgan fingerprint density at radius 3 is 2.87 bits per heavy atom. The van der Waals surface area contributed by atoms with Gasteiger partial charge < -0.3 is 10.5 Å². The predicted molar refractivity (Wildman–Crippen MR) is 64.1 cm³/mol. The van der Waals surface area contributed by atoms with Crippen LogP contribution in [0.2, 0.25) is 5.02 Å². The summed E-state index contributed by atoms with van der Waals surface area (Å²) in [4.78, 5) is 11.5. The third-order valence-corrected chi connectivity index (χ3v) is 2.63. The quantitative estimate of drug-likeness (QED) is 0.687. The normalized spacial score (nSPS) is 10.1. The van der Waals surface area contributed by atoms with Crippen molar-refractivity contribution in [1.82, 2.24) is 0 Å². The summed E-state index contributed by atoms with van der Waals surface area (Å²) in [7, 11) is 0. The number of nitrogen functional groups attached to an aromatic ring is 1. The first-order chi connectivity index (χ1) is 7.06. The Kier molecular flexibility index (Phi) is 4.42. The molecule has 3 nitrogen and oxygen atoms in total. The van der Waals surface area contributed by atoms with E-state index in [0.29, 0.717) is 27.4 Å². The molecule has 0 heterocycles. The Bertz CT molecular complexity index is 382. The zero-order valence-corrected chi connectivity index (χ0v) is 10.6. The lowest BCUT2D eigenvalue weighted by Crippen LogP contribution is -2.09. The Labute approximate surface area is 102 Å². The highest BCUT2D eigenvalue weighted by Crippen LogP contribution is 2.28. The summed E-state index contributed by atoms with van der Waals surface area (Å²) in [5, 5.41) is 0.444. The minimum Gasteiger partial charge on any atom is -0.462 e. The average molecular weight is 293 g/mol. The van der Waals surface area contributed by atoms with Crippen molar-refractivity contribution in [3.05, 3.63) is 27.2 Å². The van der Waals surface area contributed by atoms with Crippen LogP contribution in [-0.2, 0) is 4.74 Å². The number of rotatable bonds is 3. The smallest absolute Gasteiger partial charge is 0.340 e. The molecule has 0 aliphatic carbocycles. The molecule has 1 rings (SSSR count). The van der Waals surface area contributed by atoms with Gasteiger partial charge in [-0.05, 0) is 34.5 Å². The lowest BCUT2D eigenvalue weighted by Gasteiger charge is -2.08. The van der Waals surface area contributed by atoms with E-state index < -0.39 is 5.97 Å². The number of hydrogen-bond donors (Lipinski definition) is 1. The molecule has 15 heavy (non-hydrogen) atoms. The van der Waals surface area contributed by atoms with Crippen LogP contribution in [0.1, 0.15) is 23.7 Å². The van der Waals surface area contributed by atoms with Crippen LogP contribution in [0.3, 0.4) is 0 Å². The Hall–Kier alpha value is -0.740. The lowest BCUT2D eigenvalue weighted by molar-refractivity contribution is 0.0506. The number of halogens is 2. The number of carbonyl (C=O) groups excluding carboxylic acids is 1. The van der Waals surface area contributed by atoms with Crippen molar-refractivity contribution in [2.45, 2.75) is 13.3 Å². The average Bonchev–Trinajstić information content (AvgIpc) is 2.19. The summed E-state index contributed by atoms with van der Waals surface area (Å²) >= 11 is 9.02. The Morgan fingerprint density at radius 1 is 1.60 bits per heavy atom. The molecule has 82 valence electrons. The van der Waals surface area contributed by atoms with Gasteiger partial charge in [-0.15, -0.1) is 0 Å². The van der Waals surface area contributed by atoms with E-state index in [9.17, 15) is 4.79 Å². The number of hydrogen-bond acceptors (Lipinski definition) is 3. The minimum absolute atomic E-state index is 0.294. The molecule has 0 saturated carbocycles. The van der Waals surface area contributed by atoms with E-state index in [-0.39, 0.29) is 0 Å². The molecule has 1 aromatic rings. The van der Waals surface area contributed by atoms with Gasteiger partial charge in [0.1, 0.15) is 0 Å². The van der Waals surface area contributed by atoms with Crippen LogP contribution in [0.25, 0.3) is 0 Å². The van der Waals surface area contributed by atoms with Crippen molar-refractivity contribution in [3.8, 4) is 0 Å². The fraction of sp³-hybridized carbons (Fsp3) is 0.300. The molecule has 0 atom stereocenters. The minimum atomic E-state index is -0.447. The number of carbonyl (C=O) groups is 1. The van der Waals surface area contributed by atoms with Crippen molar-refractivity contribution in [2.75, 3.05) is 12.3 Å². The van der Waals surface area contributed by atoms with Crippen LogP contribution in [-0.4, -0.2) is 12.6 Å². The van der Waals surface area contributed by atoms with Gasteiger partial charge in [-0.2, -0.15) is 0 Å². The number of ether oxygens (including phenoxy) is 1. The van der Waals surface area contributed by atoms with Gasteiger partial charge in [-0.25, -0.2) is 4.79 Å². The Balaban J connectivity index is 2.98. The molecule has 1 aromatic carbocycles. The standard InChI is InChI=1S/C10H11BrClNO2/c1-2-3-15-10(14)7-4-6(12)5-8(11)9(7)13/h4-5H,2-3,13H2,1H3. The molecular weight excluding hydrogens is 281 g/mol. The molecule has 0 bridgehead atoms. The number of esters is 1. The highest BCUT2D eigenvalue weighted by molar-refractivity contribution is 9.10. The second-order valence-corrected chi connectivity index (χ2v) is 4.28. The topological polar surface area (TPSA) is 52.3 Å². The monoisotopic (exact) mass is 291 g/mol. The second-order valence-electron chi connectivity index (χ2n) is 2.98. The SMILES string of the molecule is CCCOC(=O)c1cc(Cl)cc(Br)c1N. The van der Waals surface area contributed by atoms with Crippen molar-refractivity contribution in [3.63, 3.8) is 0 Å². The van der Waals surface area contributed by atoms with E-state index in [2.05, 4.69) is 15.9 Å². The maximum absolute atomic E-state index is 11.5. The van der Waals surface area contributed by atoms with Gasteiger partial charge in [-0.3, -0.25) is 0 Å². The molecule has 0 amide bonds. The van der Waals surface area contributed by atoms with Gasteiger partial charge in [0, 0.05) is 9.50 Å². The van der Waals surface area contributed by atoms with E-state index >= 15 is 0 Å². The van der Waals surface area contributed by atoms with Gasteiger partial charge >= 0.3 is 5.97 Å². The van der Waals surface area contributed by atoms with E-state index in [1.807, 2.05) is 6.92 Å². The summed E-state index contributed by atoms with van der Waals surface area (Å²) in [5.74, 6) is -0.447. The largest absolute Gasteiger partial charge is 0.462 e. The van der Waals surface area contributed by atoms with Crippen LogP contribution >= 0.6 is 27.5 Å². The van der Waals surface area contributed by atoms with E-state index in [0.717, 1.165) is 6.42 Å². The van der Waals surface area contributed by atoms with E-state index in [1.165, 1.54) is 6.07 Å². The van der Waals surface area contributed by atoms with Crippen molar-refractivity contribution >= 4 is 39.2 Å². The molecule has 0 aromatic heterocycles. The van der Waals surface area contributed by atoms with Gasteiger partial charge in [0.15, 0.2) is 0 Å². The first-order valence-corrected chi connectivity index (χ1v) is 5.65. The zero-order valence-electron chi connectivity index (χ0n) is 8.22. The fourth-order valence-corrected chi connectivity index (χ4v) is 1.84. The van der Waals surface area contributed by atoms with E-state index in [1.54, 1.807) is 6.07 Å². The molecule has 5 heteroatoms. The molecule has 0 fully saturated rings. The third-order valence-electron chi connectivity index (χ3n) is 1.75. The molecule has 0 radical (unpaired) electrons. The van der Waals surface area contributed by atoms with Crippen LogP contribution in [0.5, 0.6) is 0 Å². The van der Waals surface area contributed by atoms with Gasteiger partial charge in [0.2, 0.25) is 0 Å². The van der Waals surface area contributed by atoms with Crippen molar-refractivity contribution < 1.29 is 9.53 Å². The van der Waals surface area contributed by atoms with Crippen LogP contribution in [0.15, 0.2) is 16.6 Å². The van der Waals surface area contributed by atoms with Gasteiger partial charge in [0.25, 0.3) is 0 Å². The summed E-state index contributed by atoms with van der Waals surface area (Å²) in [6.45, 7) is 2.30. The maximum Gasteiger partial charge on any atom is 0.340 e. The van der Waals surface area contributed by atoms with Crippen LogP contribution in [0, 0.1) is 0 Å². The van der Waals surface area contributed by atoms with Crippen molar-refractivity contribution in [2.24, 2.45) is 0 Å². The number of nitrogens with two attached hydrogens (primary N) is 1. The van der Waals surface area contributed by atoms with Crippen LogP contribution < -0.4 is 5.73 Å². The lowest BCUT2D eigenvalue weighted by atomic mass is 10.2. The van der Waals surface area contributed by atoms with E-state index in [4.69, 9.17) is 22.1 Å². The fourth-order valence-electron chi connectivity index (χ4n) is 1.03. The molecule has 2 N–H and O–H groups in total. The maximum atomic E-state index is 11.5. The molecular formula is C10H11BrClNO2. The van der Waals surface area contributed by atoms with Crippen LogP contribution in [0.4, 0.5) is 5.69 Å². The highest BCUT2D eigenvalue weighted by Gasteiger charge is 2.14. The first kappa shape index (κ1) is 12.3. The van der Waals surface area contributed by atoms with Gasteiger partial charge in [-0.1, -0.05) is 18.5 Å². The predicted octanol–water partition coefficient (Wildman–Crippen LogP) is 3.25. The summed E-state index contributed by atoms with van der Waals surface area (Å²) in [5.41, 5.74) is 6.36. The zero-order chi connectivity index (χ0) is 11.4. The molecule has 0 spiro atoms. The second kappa shape index (κ2) is 5.37. The molecule has 0 aliphatic rings. The van der Waals surface area contributed by atoms with Crippen molar-refractivity contribution in [1.29, 1.82) is 0 Å². The van der Waals surface area contributed by atoms with Gasteiger partial charge in [0.05, 0.1) is 17.9 Å². The third kappa shape index (κ3) is 3.11. The first-order valence-electron chi connectivity index (χ1n) is 4.48. The molecule has 0 saturated heterocycles. The Morgan fingerprint density at radius 2 is 2.27 bits per heavy atom.